The predicted molar refractivity (Wildman–Crippen MR) is 192 cm³/mol. The third-order valence-electron chi connectivity index (χ3n) is 8.28. The van der Waals surface area contributed by atoms with Crippen molar-refractivity contribution in [1.82, 2.24) is 30.6 Å². The topological polar surface area (TPSA) is 128 Å². The number of ether oxygens (including phenoxy) is 2. The second kappa shape index (κ2) is 16.3. The molecular formula is C42H28F2N6O4. The molecule has 12 heteroatoms. The first-order valence-corrected chi connectivity index (χ1v) is 16.6. The zero-order valence-electron chi connectivity index (χ0n) is 28.2. The van der Waals surface area contributed by atoms with E-state index in [2.05, 4.69) is 54.3 Å². The number of hydrogen-bond acceptors (Lipinski definition) is 8. The molecule has 8 rings (SSSR count). The Morgan fingerprint density at radius 1 is 0.481 bits per heavy atom. The average Bonchev–Trinajstić information content (AvgIpc) is 3.80. The third kappa shape index (κ3) is 8.70. The summed E-state index contributed by atoms with van der Waals surface area (Å²) in [6, 6.07) is 22.0. The zero-order valence-corrected chi connectivity index (χ0v) is 28.2. The first kappa shape index (κ1) is 35.0. The van der Waals surface area contributed by atoms with Crippen molar-refractivity contribution in [3.63, 3.8) is 0 Å². The van der Waals surface area contributed by atoms with Gasteiger partial charge in [-0.25, -0.2) is 18.4 Å². The van der Waals surface area contributed by atoms with Gasteiger partial charge in [-0.15, -0.1) is 0 Å². The molecule has 6 aromatic rings. The maximum atomic E-state index is 13.2. The van der Waals surface area contributed by atoms with Crippen LogP contribution in [0.4, 0.5) is 18.4 Å². The number of pyridine rings is 4. The lowest BCUT2D eigenvalue weighted by Crippen LogP contribution is -2.19. The molecule has 4 aromatic heterocycles. The first-order chi connectivity index (χ1) is 26.4. The lowest BCUT2D eigenvalue weighted by molar-refractivity contribution is 0.131. The zero-order chi connectivity index (χ0) is 37.3. The minimum Gasteiger partial charge on any atom is -0.439 e. The Balaban J connectivity index is 0.000000167. The van der Waals surface area contributed by atoms with Crippen LogP contribution in [0.3, 0.4) is 0 Å². The molecule has 0 spiro atoms. The van der Waals surface area contributed by atoms with Crippen molar-refractivity contribution in [3.05, 3.63) is 191 Å². The lowest BCUT2D eigenvalue weighted by atomic mass is 9.97. The van der Waals surface area contributed by atoms with Crippen LogP contribution in [0, 0.1) is 35.3 Å². The van der Waals surface area contributed by atoms with E-state index in [1.54, 1.807) is 73.8 Å². The fourth-order valence-electron chi connectivity index (χ4n) is 5.74. The summed E-state index contributed by atoms with van der Waals surface area (Å²) in [5.41, 5.74) is 5.92. The molecule has 0 bridgehead atoms. The number of amides is 2. The average molecular weight is 719 g/mol. The summed E-state index contributed by atoms with van der Waals surface area (Å²) in [6.07, 6.45) is 11.2. The van der Waals surface area contributed by atoms with Crippen LogP contribution in [-0.2, 0) is 9.47 Å². The summed E-state index contributed by atoms with van der Waals surface area (Å²) in [5.74, 6) is 11.4. The van der Waals surface area contributed by atoms with E-state index in [0.29, 0.717) is 22.3 Å². The van der Waals surface area contributed by atoms with E-state index in [4.69, 9.17) is 9.47 Å². The van der Waals surface area contributed by atoms with E-state index in [1.165, 1.54) is 24.3 Å². The van der Waals surface area contributed by atoms with Gasteiger partial charge in [0, 0.05) is 71.8 Å². The molecule has 2 N–H and O–H groups in total. The van der Waals surface area contributed by atoms with E-state index in [9.17, 15) is 18.4 Å². The number of carbonyl (C=O) groups is 2. The first-order valence-electron chi connectivity index (χ1n) is 16.6. The second-order valence-corrected chi connectivity index (χ2v) is 12.0. The SMILES string of the molecule is O=C1N[C@@H](c2cncc(C#Cc3cccnc3)c2)[C@H](c2ccc(F)cc2)O1.O=C1N[C@H](c2cncc(C#Cc3cccnc3)c2)[C@@H](c2ccc(F)cc2)O1. The van der Waals surface area contributed by atoms with E-state index < -0.39 is 36.5 Å². The van der Waals surface area contributed by atoms with Gasteiger partial charge in [0.15, 0.2) is 12.2 Å². The minimum atomic E-state index is -0.568. The Hall–Kier alpha value is -7.44. The van der Waals surface area contributed by atoms with E-state index >= 15 is 0 Å². The summed E-state index contributed by atoms with van der Waals surface area (Å²) >= 11 is 0. The molecule has 4 atom stereocenters. The van der Waals surface area contributed by atoms with Crippen LogP contribution in [0.5, 0.6) is 0 Å². The standard InChI is InChI=1S/2C21H14FN3O2/c2*22-18-7-5-16(6-8-18)20-19(25-21(26)27-20)17-10-15(12-24-13-17)4-3-14-2-1-9-23-11-14/h2*1-2,5-13,19-20H,(H,25,26)/t2*19-,20-/m10/s1. The Labute approximate surface area is 308 Å². The second-order valence-electron chi connectivity index (χ2n) is 12.0. The Morgan fingerprint density at radius 3 is 1.26 bits per heavy atom. The van der Waals surface area contributed by atoms with Gasteiger partial charge in [0.2, 0.25) is 0 Å². The number of rotatable bonds is 4. The van der Waals surface area contributed by atoms with Gasteiger partial charge in [0.05, 0.1) is 0 Å². The number of benzene rings is 2. The maximum Gasteiger partial charge on any atom is 0.408 e. The highest BCUT2D eigenvalue weighted by Crippen LogP contribution is 2.38. The van der Waals surface area contributed by atoms with Gasteiger partial charge in [-0.2, -0.15) is 0 Å². The van der Waals surface area contributed by atoms with E-state index in [0.717, 1.165) is 22.3 Å². The highest BCUT2D eigenvalue weighted by Gasteiger charge is 2.37. The summed E-state index contributed by atoms with van der Waals surface area (Å²) in [4.78, 5) is 40.1. The number of nitrogens with zero attached hydrogens (tertiary/aromatic N) is 4. The van der Waals surface area contributed by atoms with Gasteiger partial charge in [-0.1, -0.05) is 47.9 Å². The van der Waals surface area contributed by atoms with Gasteiger partial charge in [-0.05, 0) is 82.9 Å². The molecule has 2 aliphatic rings. The number of aromatic nitrogens is 4. The molecule has 10 nitrogen and oxygen atoms in total. The highest BCUT2D eigenvalue weighted by molar-refractivity contribution is 5.72. The van der Waals surface area contributed by atoms with Gasteiger partial charge in [0.25, 0.3) is 0 Å². The van der Waals surface area contributed by atoms with Crippen molar-refractivity contribution in [2.45, 2.75) is 24.3 Å². The lowest BCUT2D eigenvalue weighted by Gasteiger charge is -2.17. The summed E-state index contributed by atoms with van der Waals surface area (Å²) < 4.78 is 37.1. The third-order valence-corrected chi connectivity index (χ3v) is 8.28. The fraction of sp³-hybridized carbons (Fsp3) is 0.0952. The number of carbonyl (C=O) groups excluding carboxylic acids is 2. The number of cyclic esters (lactones) is 2. The molecule has 0 aliphatic carbocycles. The molecule has 6 heterocycles. The molecule has 0 saturated carbocycles. The van der Waals surface area contributed by atoms with Crippen LogP contribution in [0.1, 0.15) is 68.8 Å². The molecule has 2 amide bonds. The van der Waals surface area contributed by atoms with Crippen LogP contribution in [0.15, 0.2) is 135 Å². The Bertz CT molecular complexity index is 2220. The molecule has 2 fully saturated rings. The maximum absolute atomic E-state index is 13.2. The van der Waals surface area contributed by atoms with Crippen LogP contribution in [0.2, 0.25) is 0 Å². The number of alkyl carbamates (subject to hydrolysis) is 2. The molecule has 2 aliphatic heterocycles. The number of halogens is 2. The van der Waals surface area contributed by atoms with Crippen molar-refractivity contribution in [2.75, 3.05) is 0 Å². The summed E-state index contributed by atoms with van der Waals surface area (Å²) in [5, 5.41) is 5.56. The molecule has 2 aromatic carbocycles. The number of nitrogens with one attached hydrogen (secondary N) is 2. The molecule has 54 heavy (non-hydrogen) atoms. The fourth-order valence-corrected chi connectivity index (χ4v) is 5.74. The van der Waals surface area contributed by atoms with Crippen molar-refractivity contribution >= 4 is 12.2 Å². The molecule has 0 radical (unpaired) electrons. The normalized spacial score (nSPS) is 18.2. The van der Waals surface area contributed by atoms with Crippen molar-refractivity contribution in [2.24, 2.45) is 0 Å². The van der Waals surface area contributed by atoms with Crippen molar-refractivity contribution < 1.29 is 27.8 Å². The van der Waals surface area contributed by atoms with Gasteiger partial charge in [0.1, 0.15) is 23.7 Å². The summed E-state index contributed by atoms with van der Waals surface area (Å²) in [7, 11) is 0. The quantitative estimate of drug-likeness (QED) is 0.185. The van der Waals surface area contributed by atoms with Crippen molar-refractivity contribution in [3.8, 4) is 23.7 Å². The minimum absolute atomic E-state index is 0.345. The molecule has 0 unspecified atom stereocenters. The summed E-state index contributed by atoms with van der Waals surface area (Å²) in [6.45, 7) is 0. The number of hydrogen-bond donors (Lipinski definition) is 2. The smallest absolute Gasteiger partial charge is 0.408 e. The monoisotopic (exact) mass is 718 g/mol. The van der Waals surface area contributed by atoms with E-state index in [-0.39, 0.29) is 11.6 Å². The van der Waals surface area contributed by atoms with Crippen LogP contribution >= 0.6 is 0 Å². The predicted octanol–water partition coefficient (Wildman–Crippen LogP) is 7.08. The molecular weight excluding hydrogens is 690 g/mol. The van der Waals surface area contributed by atoms with Crippen molar-refractivity contribution in [1.29, 1.82) is 0 Å². The Kier molecular flexibility index (Phi) is 10.5. The van der Waals surface area contributed by atoms with Crippen LogP contribution < -0.4 is 10.6 Å². The molecule has 2 saturated heterocycles. The molecule has 264 valence electrons. The van der Waals surface area contributed by atoms with Gasteiger partial charge in [-0.3, -0.25) is 19.9 Å². The van der Waals surface area contributed by atoms with Crippen LogP contribution in [-0.4, -0.2) is 32.1 Å². The van der Waals surface area contributed by atoms with E-state index in [1.807, 2.05) is 36.4 Å². The van der Waals surface area contributed by atoms with Gasteiger partial charge < -0.3 is 20.1 Å². The van der Waals surface area contributed by atoms with Gasteiger partial charge >= 0.3 is 12.2 Å². The van der Waals surface area contributed by atoms with Crippen LogP contribution in [0.25, 0.3) is 0 Å². The highest BCUT2D eigenvalue weighted by atomic mass is 19.1. The largest absolute Gasteiger partial charge is 0.439 e. The Morgan fingerprint density at radius 2 is 0.870 bits per heavy atom.